The number of carbonyl (C=O) groups is 2. The second-order valence-electron chi connectivity index (χ2n) is 11.0. The van der Waals surface area contributed by atoms with Gasteiger partial charge < -0.3 is 40.2 Å². The number of aromatic amines is 1. The third kappa shape index (κ3) is 5.73. The highest BCUT2D eigenvalue weighted by molar-refractivity contribution is 6.00. The summed E-state index contributed by atoms with van der Waals surface area (Å²) in [5, 5.41) is 3.30. The summed E-state index contributed by atoms with van der Waals surface area (Å²) >= 11 is 0. The summed E-state index contributed by atoms with van der Waals surface area (Å²) < 4.78 is 11.1. The number of aromatic nitrogens is 5. The molecule has 5 heterocycles. The molecule has 14 heteroatoms. The summed E-state index contributed by atoms with van der Waals surface area (Å²) in [6.07, 6.45) is 1.35. The predicted molar refractivity (Wildman–Crippen MR) is 164 cm³/mol. The standard InChI is InChI=1S/C30H34N10O4/c31-25(41)24-2-1-9-40(24)27(42)20-5-8-22-23(18-20)34-28(33-22)32-21-6-3-19(4-7-21)26-35-29(38-10-14-43-15-11-38)37-30(36-26)39-12-16-44-17-13-39/h3-8,18,24H,1-2,9-17H2,(H2,31,41)(H2,32,33,34)/t24-/m1/s1. The van der Waals surface area contributed by atoms with E-state index in [1.54, 1.807) is 23.1 Å². The highest BCUT2D eigenvalue weighted by Gasteiger charge is 2.33. The van der Waals surface area contributed by atoms with Crippen LogP contribution in [0.2, 0.25) is 0 Å². The van der Waals surface area contributed by atoms with Crippen LogP contribution in [-0.4, -0.2) is 107 Å². The molecule has 44 heavy (non-hydrogen) atoms. The summed E-state index contributed by atoms with van der Waals surface area (Å²) in [6.45, 7) is 6.00. The fraction of sp³-hybridized carbons (Fsp3) is 0.400. The first-order valence-corrected chi connectivity index (χ1v) is 14.9. The first-order valence-electron chi connectivity index (χ1n) is 14.9. The van der Waals surface area contributed by atoms with Crippen LogP contribution in [0.15, 0.2) is 42.5 Å². The van der Waals surface area contributed by atoms with Gasteiger partial charge in [-0.25, -0.2) is 4.98 Å². The highest BCUT2D eigenvalue weighted by atomic mass is 16.5. The number of likely N-dealkylation sites (tertiary alicyclic amines) is 1. The van der Waals surface area contributed by atoms with Gasteiger partial charge in [0.25, 0.3) is 5.91 Å². The first-order chi connectivity index (χ1) is 21.5. The lowest BCUT2D eigenvalue weighted by molar-refractivity contribution is -0.121. The number of hydrogen-bond donors (Lipinski definition) is 3. The number of nitrogens with zero attached hydrogens (tertiary/aromatic N) is 7. The van der Waals surface area contributed by atoms with E-state index in [2.05, 4.69) is 25.1 Å². The van der Waals surface area contributed by atoms with Crippen molar-refractivity contribution < 1.29 is 19.1 Å². The van der Waals surface area contributed by atoms with Gasteiger partial charge >= 0.3 is 0 Å². The second-order valence-corrected chi connectivity index (χ2v) is 11.0. The maximum absolute atomic E-state index is 13.1. The molecule has 2 aromatic carbocycles. The molecular weight excluding hydrogens is 564 g/mol. The van der Waals surface area contributed by atoms with Gasteiger partial charge in [-0.2, -0.15) is 15.0 Å². The van der Waals surface area contributed by atoms with Crippen LogP contribution < -0.4 is 20.9 Å². The van der Waals surface area contributed by atoms with E-state index >= 15 is 0 Å². The minimum Gasteiger partial charge on any atom is -0.378 e. The zero-order valence-corrected chi connectivity index (χ0v) is 24.2. The Morgan fingerprint density at radius 1 is 0.841 bits per heavy atom. The molecule has 4 aromatic rings. The number of primary amides is 1. The fourth-order valence-corrected chi connectivity index (χ4v) is 5.81. The highest BCUT2D eigenvalue weighted by Crippen LogP contribution is 2.26. The molecule has 0 spiro atoms. The van der Waals surface area contributed by atoms with Crippen molar-refractivity contribution in [3.63, 3.8) is 0 Å². The van der Waals surface area contributed by atoms with Crippen molar-refractivity contribution in [2.75, 3.05) is 74.3 Å². The number of benzene rings is 2. The fourth-order valence-electron chi connectivity index (χ4n) is 5.81. The topological polar surface area (TPSA) is 168 Å². The lowest BCUT2D eigenvalue weighted by atomic mass is 10.1. The van der Waals surface area contributed by atoms with Crippen LogP contribution in [0.4, 0.5) is 23.5 Å². The van der Waals surface area contributed by atoms with E-state index < -0.39 is 11.9 Å². The minimum absolute atomic E-state index is 0.209. The summed E-state index contributed by atoms with van der Waals surface area (Å²) in [6, 6.07) is 12.5. The van der Waals surface area contributed by atoms with E-state index in [0.717, 1.165) is 43.9 Å². The molecule has 14 nitrogen and oxygen atoms in total. The van der Waals surface area contributed by atoms with Crippen LogP contribution >= 0.6 is 0 Å². The number of nitrogens with two attached hydrogens (primary N) is 1. The number of fused-ring (bicyclic) bond motifs is 1. The van der Waals surface area contributed by atoms with Crippen LogP contribution in [0.1, 0.15) is 23.2 Å². The van der Waals surface area contributed by atoms with E-state index in [-0.39, 0.29) is 5.91 Å². The molecule has 4 N–H and O–H groups in total. The zero-order valence-electron chi connectivity index (χ0n) is 24.2. The molecule has 0 unspecified atom stereocenters. The molecular formula is C30H34N10O4. The average Bonchev–Trinajstić information content (AvgIpc) is 3.72. The Labute approximate surface area is 253 Å². The Morgan fingerprint density at radius 2 is 1.50 bits per heavy atom. The monoisotopic (exact) mass is 598 g/mol. The summed E-state index contributed by atoms with van der Waals surface area (Å²) in [7, 11) is 0. The van der Waals surface area contributed by atoms with E-state index in [4.69, 9.17) is 30.2 Å². The van der Waals surface area contributed by atoms with Gasteiger partial charge in [0.15, 0.2) is 5.82 Å². The molecule has 0 bridgehead atoms. The number of H-pyrrole nitrogens is 1. The van der Waals surface area contributed by atoms with E-state index in [0.29, 0.717) is 79.7 Å². The quantitative estimate of drug-likeness (QED) is 0.284. The van der Waals surface area contributed by atoms with Gasteiger partial charge in [-0.1, -0.05) is 0 Å². The molecule has 0 saturated carbocycles. The van der Waals surface area contributed by atoms with E-state index in [9.17, 15) is 9.59 Å². The number of carbonyl (C=O) groups excluding carboxylic acids is 2. The zero-order chi connectivity index (χ0) is 30.0. The third-order valence-electron chi connectivity index (χ3n) is 8.18. The van der Waals surface area contributed by atoms with Gasteiger partial charge in [0.05, 0.1) is 37.5 Å². The van der Waals surface area contributed by atoms with Gasteiger partial charge in [-0.05, 0) is 55.3 Å². The number of ether oxygens (including phenoxy) is 2. The summed E-state index contributed by atoms with van der Waals surface area (Å²) in [5.41, 5.74) is 9.10. The first kappa shape index (κ1) is 28.0. The number of hydrogen-bond acceptors (Lipinski definition) is 11. The van der Waals surface area contributed by atoms with E-state index in [1.807, 2.05) is 24.3 Å². The lowest BCUT2D eigenvalue weighted by Gasteiger charge is -2.30. The Hall–Kier alpha value is -4.82. The number of morpholine rings is 2. The van der Waals surface area contributed by atoms with Crippen molar-refractivity contribution in [3.8, 4) is 11.4 Å². The van der Waals surface area contributed by atoms with Gasteiger partial charge in [0.2, 0.25) is 23.8 Å². The third-order valence-corrected chi connectivity index (χ3v) is 8.18. The molecule has 0 aliphatic carbocycles. The summed E-state index contributed by atoms with van der Waals surface area (Å²) in [4.78, 5) is 53.0. The van der Waals surface area contributed by atoms with Gasteiger partial charge in [0, 0.05) is 49.5 Å². The van der Waals surface area contributed by atoms with Gasteiger partial charge in [-0.3, -0.25) is 9.59 Å². The number of rotatable bonds is 7. The Balaban J connectivity index is 1.10. The summed E-state index contributed by atoms with van der Waals surface area (Å²) in [5.74, 6) is 1.76. The van der Waals surface area contributed by atoms with Crippen LogP contribution in [0.5, 0.6) is 0 Å². The second kappa shape index (κ2) is 12.1. The van der Waals surface area contributed by atoms with Crippen LogP contribution in [0.25, 0.3) is 22.4 Å². The van der Waals surface area contributed by atoms with Crippen molar-refractivity contribution in [1.29, 1.82) is 0 Å². The van der Waals surface area contributed by atoms with Crippen molar-refractivity contribution in [1.82, 2.24) is 29.8 Å². The van der Waals surface area contributed by atoms with Crippen LogP contribution in [-0.2, 0) is 14.3 Å². The minimum atomic E-state index is -0.561. The predicted octanol–water partition coefficient (Wildman–Crippen LogP) is 1.92. The Morgan fingerprint density at radius 3 is 2.14 bits per heavy atom. The smallest absolute Gasteiger partial charge is 0.254 e. The molecule has 2 amide bonds. The molecule has 3 aliphatic rings. The van der Waals surface area contributed by atoms with Crippen molar-refractivity contribution in [2.45, 2.75) is 18.9 Å². The number of anilines is 4. The maximum Gasteiger partial charge on any atom is 0.254 e. The van der Waals surface area contributed by atoms with Crippen LogP contribution in [0, 0.1) is 0 Å². The van der Waals surface area contributed by atoms with Crippen molar-refractivity contribution >= 4 is 46.4 Å². The molecule has 7 rings (SSSR count). The normalized spacial score (nSPS) is 19.0. The molecule has 1 atom stereocenters. The number of nitrogens with one attached hydrogen (secondary N) is 2. The number of amides is 2. The molecule has 3 saturated heterocycles. The van der Waals surface area contributed by atoms with Gasteiger partial charge in [-0.15, -0.1) is 0 Å². The molecule has 3 aliphatic heterocycles. The average molecular weight is 599 g/mol. The molecule has 0 radical (unpaired) electrons. The Kier molecular flexibility index (Phi) is 7.66. The van der Waals surface area contributed by atoms with E-state index in [1.165, 1.54) is 0 Å². The molecule has 3 fully saturated rings. The molecule has 2 aromatic heterocycles. The maximum atomic E-state index is 13.1. The van der Waals surface area contributed by atoms with Gasteiger partial charge in [0.1, 0.15) is 6.04 Å². The Bertz CT molecular complexity index is 1630. The lowest BCUT2D eigenvalue weighted by Crippen LogP contribution is -2.43. The number of imidazole rings is 1. The van der Waals surface area contributed by atoms with Crippen LogP contribution in [0.3, 0.4) is 0 Å². The van der Waals surface area contributed by atoms with Crippen molar-refractivity contribution in [3.05, 3.63) is 48.0 Å². The SMILES string of the molecule is NC(=O)[C@H]1CCCN1C(=O)c1ccc2nc(Nc3ccc(-c4nc(N5CCOCC5)nc(N5CCOCC5)n4)cc3)[nH]c2c1. The van der Waals surface area contributed by atoms with Crippen molar-refractivity contribution in [2.24, 2.45) is 5.73 Å². The largest absolute Gasteiger partial charge is 0.378 e. The molecule has 228 valence electrons.